The lowest BCUT2D eigenvalue weighted by molar-refractivity contribution is -0.126. The number of carbonyl (C=O) groups excluding carboxylic acids is 3. The van der Waals surface area contributed by atoms with Crippen LogP contribution in [-0.4, -0.2) is 49.4 Å². The summed E-state index contributed by atoms with van der Waals surface area (Å²) in [7, 11) is 1.57. The fraction of sp³-hybridized carbons (Fsp3) is 0.400. The maximum absolute atomic E-state index is 13.3. The van der Waals surface area contributed by atoms with Gasteiger partial charge in [-0.05, 0) is 55.7 Å². The lowest BCUT2D eigenvalue weighted by Crippen LogP contribution is -2.45. The number of unbranched alkanes of at least 4 members (excludes halogenated alkanes) is 1. The van der Waals surface area contributed by atoms with Gasteiger partial charge in [-0.25, -0.2) is 0 Å². The zero-order valence-corrected chi connectivity index (χ0v) is 18.7. The number of nitrogens with one attached hydrogen (secondary N) is 2. The molecule has 1 atom stereocenters. The molecule has 1 fully saturated rings. The predicted octanol–water partition coefficient (Wildman–Crippen LogP) is 3.72. The summed E-state index contributed by atoms with van der Waals surface area (Å²) < 4.78 is 5.13. The third-order valence-corrected chi connectivity index (χ3v) is 5.67. The summed E-state index contributed by atoms with van der Waals surface area (Å²) in [5.74, 6) is -0.0143. The largest absolute Gasteiger partial charge is 0.497 e. The number of anilines is 1. The maximum atomic E-state index is 13.3. The van der Waals surface area contributed by atoms with Gasteiger partial charge in [-0.3, -0.25) is 14.4 Å². The van der Waals surface area contributed by atoms with Crippen molar-refractivity contribution in [3.63, 3.8) is 0 Å². The summed E-state index contributed by atoms with van der Waals surface area (Å²) in [5.41, 5.74) is 1.34. The van der Waals surface area contributed by atoms with Crippen LogP contribution in [-0.2, 0) is 4.79 Å². The normalized spacial score (nSPS) is 15.7. The third kappa shape index (κ3) is 5.87. The van der Waals surface area contributed by atoms with Crippen LogP contribution in [0, 0.1) is 5.92 Å². The van der Waals surface area contributed by atoms with Gasteiger partial charge in [0.25, 0.3) is 11.8 Å². The molecule has 0 aliphatic carbocycles. The van der Waals surface area contributed by atoms with Gasteiger partial charge in [0, 0.05) is 25.2 Å². The minimum absolute atomic E-state index is 0.0112. The minimum Gasteiger partial charge on any atom is -0.497 e. The number of hydrogen-bond donors (Lipinski definition) is 2. The fourth-order valence-corrected chi connectivity index (χ4v) is 3.79. The lowest BCUT2D eigenvalue weighted by Gasteiger charge is -2.32. The van der Waals surface area contributed by atoms with Gasteiger partial charge in [0.1, 0.15) is 5.75 Å². The van der Waals surface area contributed by atoms with E-state index in [4.69, 9.17) is 4.74 Å². The molecule has 1 heterocycles. The fourth-order valence-electron chi connectivity index (χ4n) is 3.79. The summed E-state index contributed by atoms with van der Waals surface area (Å²) >= 11 is 0. The average molecular weight is 438 g/mol. The SMILES string of the molecule is CCCCNC(=O)C1CCCN(C(=O)c2ccccc2NC(=O)c2ccc(OC)cc2)C1. The van der Waals surface area contributed by atoms with E-state index in [0.29, 0.717) is 42.2 Å². The molecular weight excluding hydrogens is 406 g/mol. The molecule has 0 aromatic heterocycles. The number of carbonyl (C=O) groups is 3. The van der Waals surface area contributed by atoms with Crippen LogP contribution in [0.3, 0.4) is 0 Å². The van der Waals surface area contributed by atoms with Gasteiger partial charge in [0.2, 0.25) is 5.91 Å². The van der Waals surface area contributed by atoms with Crippen LogP contribution >= 0.6 is 0 Å². The van der Waals surface area contributed by atoms with Crippen molar-refractivity contribution in [3.05, 3.63) is 59.7 Å². The first kappa shape index (κ1) is 23.3. The minimum atomic E-state index is -0.306. The van der Waals surface area contributed by atoms with E-state index in [2.05, 4.69) is 17.6 Å². The Bertz CT molecular complexity index is 942. The number of nitrogens with zero attached hydrogens (tertiary/aromatic N) is 1. The molecule has 0 saturated carbocycles. The predicted molar refractivity (Wildman–Crippen MR) is 124 cm³/mol. The molecule has 2 N–H and O–H groups in total. The lowest BCUT2D eigenvalue weighted by atomic mass is 9.96. The average Bonchev–Trinajstić information content (AvgIpc) is 2.84. The molecular formula is C25H31N3O4. The van der Waals surface area contributed by atoms with Crippen molar-refractivity contribution in [3.8, 4) is 5.75 Å². The molecule has 2 aromatic rings. The molecule has 7 nitrogen and oxygen atoms in total. The number of rotatable bonds is 8. The molecule has 170 valence electrons. The number of benzene rings is 2. The second-order valence-corrected chi connectivity index (χ2v) is 7.96. The Hall–Kier alpha value is -3.35. The second-order valence-electron chi connectivity index (χ2n) is 7.96. The number of ether oxygens (including phenoxy) is 1. The van der Waals surface area contributed by atoms with Gasteiger partial charge >= 0.3 is 0 Å². The molecule has 3 amide bonds. The van der Waals surface area contributed by atoms with E-state index < -0.39 is 0 Å². The first-order chi connectivity index (χ1) is 15.5. The highest BCUT2D eigenvalue weighted by molar-refractivity contribution is 6.09. The Labute approximate surface area is 189 Å². The summed E-state index contributed by atoms with van der Waals surface area (Å²) in [4.78, 5) is 40.2. The van der Waals surface area contributed by atoms with Crippen molar-refractivity contribution in [2.24, 2.45) is 5.92 Å². The molecule has 1 saturated heterocycles. The van der Waals surface area contributed by atoms with Gasteiger partial charge in [0.05, 0.1) is 24.3 Å². The highest BCUT2D eigenvalue weighted by Crippen LogP contribution is 2.23. The number of para-hydroxylation sites is 1. The molecule has 32 heavy (non-hydrogen) atoms. The third-order valence-electron chi connectivity index (χ3n) is 5.67. The van der Waals surface area contributed by atoms with E-state index in [1.165, 1.54) is 0 Å². The van der Waals surface area contributed by atoms with Crippen molar-refractivity contribution < 1.29 is 19.1 Å². The van der Waals surface area contributed by atoms with Crippen molar-refractivity contribution in [1.29, 1.82) is 0 Å². The summed E-state index contributed by atoms with van der Waals surface area (Å²) in [6, 6.07) is 13.7. The monoisotopic (exact) mass is 437 g/mol. The van der Waals surface area contributed by atoms with Gasteiger partial charge in [-0.15, -0.1) is 0 Å². The summed E-state index contributed by atoms with van der Waals surface area (Å²) in [6.45, 7) is 3.73. The van der Waals surface area contributed by atoms with Gasteiger partial charge in [-0.2, -0.15) is 0 Å². The molecule has 3 rings (SSSR count). The van der Waals surface area contributed by atoms with Crippen molar-refractivity contribution in [2.75, 3.05) is 32.1 Å². The van der Waals surface area contributed by atoms with Crippen molar-refractivity contribution >= 4 is 23.4 Å². The van der Waals surface area contributed by atoms with Crippen LogP contribution in [0.5, 0.6) is 5.75 Å². The Morgan fingerprint density at radius 2 is 1.84 bits per heavy atom. The van der Waals surface area contributed by atoms with E-state index in [9.17, 15) is 14.4 Å². The maximum Gasteiger partial charge on any atom is 0.255 e. The van der Waals surface area contributed by atoms with E-state index >= 15 is 0 Å². The van der Waals surface area contributed by atoms with Crippen LogP contribution in [0.4, 0.5) is 5.69 Å². The zero-order chi connectivity index (χ0) is 22.9. The molecule has 1 aliphatic rings. The van der Waals surface area contributed by atoms with E-state index in [1.807, 2.05) is 0 Å². The standard InChI is InChI=1S/C25H31N3O4/c1-3-4-15-26-23(29)19-8-7-16-28(17-19)25(31)21-9-5-6-10-22(21)27-24(30)18-11-13-20(32-2)14-12-18/h5-6,9-14,19H,3-4,7-8,15-17H2,1-2H3,(H,26,29)(H,27,30). The van der Waals surface area contributed by atoms with Crippen LogP contribution in [0.15, 0.2) is 48.5 Å². The highest BCUT2D eigenvalue weighted by atomic mass is 16.5. The number of amides is 3. The van der Waals surface area contributed by atoms with E-state index in [1.54, 1.807) is 60.5 Å². The first-order valence-electron chi connectivity index (χ1n) is 11.1. The van der Waals surface area contributed by atoms with Gasteiger partial charge < -0.3 is 20.3 Å². The molecule has 7 heteroatoms. The Balaban J connectivity index is 1.69. The second kappa shape index (κ2) is 11.3. The van der Waals surface area contributed by atoms with E-state index in [-0.39, 0.29) is 23.6 Å². The Morgan fingerprint density at radius 1 is 1.09 bits per heavy atom. The molecule has 0 spiro atoms. The first-order valence-corrected chi connectivity index (χ1v) is 11.1. The molecule has 1 aliphatic heterocycles. The molecule has 1 unspecified atom stereocenters. The molecule has 0 bridgehead atoms. The van der Waals surface area contributed by atoms with Crippen LogP contribution in [0.2, 0.25) is 0 Å². The summed E-state index contributed by atoms with van der Waals surface area (Å²) in [5, 5.41) is 5.82. The van der Waals surface area contributed by atoms with Gasteiger partial charge in [-0.1, -0.05) is 25.5 Å². The van der Waals surface area contributed by atoms with Crippen molar-refractivity contribution in [2.45, 2.75) is 32.6 Å². The summed E-state index contributed by atoms with van der Waals surface area (Å²) in [6.07, 6.45) is 3.52. The molecule has 2 aromatic carbocycles. The number of likely N-dealkylation sites (tertiary alicyclic amines) is 1. The smallest absolute Gasteiger partial charge is 0.255 e. The molecule has 0 radical (unpaired) electrons. The van der Waals surface area contributed by atoms with Crippen molar-refractivity contribution in [1.82, 2.24) is 10.2 Å². The Kier molecular flexibility index (Phi) is 8.25. The van der Waals surface area contributed by atoms with E-state index in [0.717, 1.165) is 25.7 Å². The number of methoxy groups -OCH3 is 1. The van der Waals surface area contributed by atoms with Crippen LogP contribution in [0.25, 0.3) is 0 Å². The zero-order valence-electron chi connectivity index (χ0n) is 18.7. The Morgan fingerprint density at radius 3 is 2.56 bits per heavy atom. The highest BCUT2D eigenvalue weighted by Gasteiger charge is 2.29. The number of piperidine rings is 1. The van der Waals surface area contributed by atoms with Crippen LogP contribution in [0.1, 0.15) is 53.3 Å². The van der Waals surface area contributed by atoms with Gasteiger partial charge in [0.15, 0.2) is 0 Å². The number of hydrogen-bond acceptors (Lipinski definition) is 4. The van der Waals surface area contributed by atoms with Crippen LogP contribution < -0.4 is 15.4 Å². The topological polar surface area (TPSA) is 87.7 Å². The quantitative estimate of drug-likeness (QED) is 0.616.